The number of carbonyl (C=O) groups excluding carboxylic acids is 2. The van der Waals surface area contributed by atoms with E-state index in [1.807, 2.05) is 0 Å². The van der Waals surface area contributed by atoms with Crippen molar-refractivity contribution in [3.05, 3.63) is 23.8 Å². The second kappa shape index (κ2) is 3.56. The van der Waals surface area contributed by atoms with E-state index >= 15 is 0 Å². The van der Waals surface area contributed by atoms with Crippen molar-refractivity contribution in [1.82, 2.24) is 0 Å². The molecule has 5 nitrogen and oxygen atoms in total. The highest BCUT2D eigenvalue weighted by molar-refractivity contribution is 6.52. The van der Waals surface area contributed by atoms with Gasteiger partial charge in [-0.15, -0.1) is 0 Å². The van der Waals surface area contributed by atoms with E-state index in [-0.39, 0.29) is 6.10 Å². The molecule has 5 heteroatoms. The number of ketones is 1. The van der Waals surface area contributed by atoms with Gasteiger partial charge in [-0.05, 0) is 18.2 Å². The van der Waals surface area contributed by atoms with Crippen molar-refractivity contribution < 1.29 is 19.1 Å². The number of amides is 1. The molecule has 1 saturated heterocycles. The second-order valence-electron chi connectivity index (χ2n) is 4.08. The number of hydrogen-bond acceptors (Lipinski definition) is 4. The van der Waals surface area contributed by atoms with E-state index in [0.717, 1.165) is 0 Å². The highest BCUT2D eigenvalue weighted by Crippen LogP contribution is 2.33. The largest absolute Gasteiger partial charge is 0.497 e. The first-order valence-corrected chi connectivity index (χ1v) is 5.36. The maximum Gasteiger partial charge on any atom is 0.299 e. The molecule has 0 saturated carbocycles. The van der Waals surface area contributed by atoms with Gasteiger partial charge in [0.05, 0.1) is 37.6 Å². The van der Waals surface area contributed by atoms with Gasteiger partial charge < -0.3 is 14.4 Å². The summed E-state index contributed by atoms with van der Waals surface area (Å²) in [4.78, 5) is 25.1. The molecule has 1 amide bonds. The van der Waals surface area contributed by atoms with Crippen LogP contribution in [0.2, 0.25) is 0 Å². The van der Waals surface area contributed by atoms with E-state index in [1.165, 1.54) is 12.0 Å². The van der Waals surface area contributed by atoms with Crippen LogP contribution in [0.5, 0.6) is 5.75 Å². The van der Waals surface area contributed by atoms with Crippen molar-refractivity contribution in [2.45, 2.75) is 6.10 Å². The number of benzene rings is 1. The Balaban J connectivity index is 2.00. The second-order valence-corrected chi connectivity index (χ2v) is 4.08. The van der Waals surface area contributed by atoms with Gasteiger partial charge >= 0.3 is 0 Å². The third-order valence-electron chi connectivity index (χ3n) is 2.97. The van der Waals surface area contributed by atoms with Gasteiger partial charge in [0.25, 0.3) is 11.7 Å². The van der Waals surface area contributed by atoms with Gasteiger partial charge in [0, 0.05) is 0 Å². The Morgan fingerprint density at radius 2 is 2.24 bits per heavy atom. The summed E-state index contributed by atoms with van der Waals surface area (Å²) in [6.07, 6.45) is 0.0693. The molecule has 2 heterocycles. The van der Waals surface area contributed by atoms with Crippen LogP contribution in [0.4, 0.5) is 5.69 Å². The van der Waals surface area contributed by atoms with Crippen molar-refractivity contribution in [2.75, 3.05) is 25.2 Å². The molecule has 88 valence electrons. The predicted molar refractivity (Wildman–Crippen MR) is 59.4 cm³/mol. The molecule has 1 atom stereocenters. The van der Waals surface area contributed by atoms with Crippen LogP contribution in [0.25, 0.3) is 0 Å². The summed E-state index contributed by atoms with van der Waals surface area (Å²) in [5.41, 5.74) is 1.06. The number of anilines is 1. The topological polar surface area (TPSA) is 59.1 Å². The van der Waals surface area contributed by atoms with Crippen molar-refractivity contribution in [1.29, 1.82) is 0 Å². The minimum atomic E-state index is -0.483. The molecule has 0 aliphatic carbocycles. The number of methoxy groups -OCH3 is 1. The number of carbonyl (C=O) groups is 2. The van der Waals surface area contributed by atoms with Gasteiger partial charge in [-0.3, -0.25) is 9.59 Å². The lowest BCUT2D eigenvalue weighted by molar-refractivity contribution is -0.114. The summed E-state index contributed by atoms with van der Waals surface area (Å²) >= 11 is 0. The van der Waals surface area contributed by atoms with Crippen LogP contribution < -0.4 is 9.64 Å². The fraction of sp³-hybridized carbons (Fsp3) is 0.333. The minimum Gasteiger partial charge on any atom is -0.497 e. The SMILES string of the molecule is COc1ccc2c(c1)C(=O)C(=O)N2CC1CO1. The average molecular weight is 233 g/mol. The van der Waals surface area contributed by atoms with Gasteiger partial charge in [-0.1, -0.05) is 0 Å². The predicted octanol–water partition coefficient (Wildman–Crippen LogP) is 0.623. The van der Waals surface area contributed by atoms with Crippen molar-refractivity contribution in [3.8, 4) is 5.75 Å². The zero-order chi connectivity index (χ0) is 12.0. The summed E-state index contributed by atoms with van der Waals surface area (Å²) in [5.74, 6) is -0.377. The summed E-state index contributed by atoms with van der Waals surface area (Å²) in [6, 6.07) is 5.08. The van der Waals surface area contributed by atoms with Crippen LogP contribution >= 0.6 is 0 Å². The Morgan fingerprint density at radius 1 is 1.47 bits per heavy atom. The normalized spacial score (nSPS) is 21.7. The molecular formula is C12H11NO4. The maximum absolute atomic E-state index is 11.8. The Kier molecular flexibility index (Phi) is 2.16. The van der Waals surface area contributed by atoms with E-state index in [2.05, 4.69) is 0 Å². The number of ether oxygens (including phenoxy) is 2. The Morgan fingerprint density at radius 3 is 2.88 bits per heavy atom. The van der Waals surface area contributed by atoms with Crippen LogP contribution in [0, 0.1) is 0 Å². The minimum absolute atomic E-state index is 0.0693. The van der Waals surface area contributed by atoms with E-state index < -0.39 is 11.7 Å². The fourth-order valence-corrected chi connectivity index (χ4v) is 1.96. The molecule has 1 aromatic carbocycles. The van der Waals surface area contributed by atoms with E-state index in [9.17, 15) is 9.59 Å². The summed E-state index contributed by atoms with van der Waals surface area (Å²) in [5, 5.41) is 0. The van der Waals surface area contributed by atoms with Crippen molar-refractivity contribution >= 4 is 17.4 Å². The van der Waals surface area contributed by atoms with Crippen molar-refractivity contribution in [3.63, 3.8) is 0 Å². The molecule has 2 aliphatic rings. The van der Waals surface area contributed by atoms with Crippen LogP contribution in [0.3, 0.4) is 0 Å². The molecule has 0 spiro atoms. The lowest BCUT2D eigenvalue weighted by Crippen LogP contribution is -2.33. The van der Waals surface area contributed by atoms with E-state index in [0.29, 0.717) is 30.2 Å². The summed E-state index contributed by atoms with van der Waals surface area (Å²) in [7, 11) is 1.53. The lowest BCUT2D eigenvalue weighted by Gasteiger charge is -2.14. The van der Waals surface area contributed by atoms with Gasteiger partial charge in [0.2, 0.25) is 0 Å². The molecule has 0 bridgehead atoms. The van der Waals surface area contributed by atoms with Crippen LogP contribution in [-0.2, 0) is 9.53 Å². The molecule has 1 fully saturated rings. The van der Waals surface area contributed by atoms with E-state index in [4.69, 9.17) is 9.47 Å². The summed E-state index contributed by atoms with van der Waals surface area (Å²) in [6.45, 7) is 1.10. The Labute approximate surface area is 97.9 Å². The lowest BCUT2D eigenvalue weighted by atomic mass is 10.1. The first kappa shape index (κ1) is 10.3. The number of rotatable bonds is 3. The molecular weight excluding hydrogens is 222 g/mol. The first-order chi connectivity index (χ1) is 8.20. The molecule has 0 radical (unpaired) electrons. The third-order valence-corrected chi connectivity index (χ3v) is 2.97. The van der Waals surface area contributed by atoms with Gasteiger partial charge in [0.15, 0.2) is 0 Å². The average Bonchev–Trinajstić information content (AvgIpc) is 3.14. The van der Waals surface area contributed by atoms with Crippen LogP contribution in [0.15, 0.2) is 18.2 Å². The zero-order valence-electron chi connectivity index (χ0n) is 9.30. The Hall–Kier alpha value is -1.88. The molecule has 1 unspecified atom stereocenters. The number of hydrogen-bond donors (Lipinski definition) is 0. The van der Waals surface area contributed by atoms with Gasteiger partial charge in [0.1, 0.15) is 5.75 Å². The molecule has 0 N–H and O–H groups in total. The fourth-order valence-electron chi connectivity index (χ4n) is 1.96. The smallest absolute Gasteiger partial charge is 0.299 e. The summed E-state index contributed by atoms with van der Waals surface area (Å²) < 4.78 is 10.1. The zero-order valence-corrected chi connectivity index (χ0v) is 9.30. The quantitative estimate of drug-likeness (QED) is 0.567. The number of nitrogens with zero attached hydrogens (tertiary/aromatic N) is 1. The first-order valence-electron chi connectivity index (χ1n) is 5.36. The van der Waals surface area contributed by atoms with Crippen molar-refractivity contribution in [2.24, 2.45) is 0 Å². The highest BCUT2D eigenvalue weighted by atomic mass is 16.6. The molecule has 0 aromatic heterocycles. The number of fused-ring (bicyclic) bond motifs is 1. The molecule has 1 aromatic rings. The van der Waals surface area contributed by atoms with Gasteiger partial charge in [-0.2, -0.15) is 0 Å². The van der Waals surface area contributed by atoms with Gasteiger partial charge in [-0.25, -0.2) is 0 Å². The highest BCUT2D eigenvalue weighted by Gasteiger charge is 2.39. The standard InChI is InChI=1S/C12H11NO4/c1-16-7-2-3-10-9(4-7)11(14)12(15)13(10)5-8-6-17-8/h2-4,8H,5-6H2,1H3. The van der Waals surface area contributed by atoms with Crippen LogP contribution in [0.1, 0.15) is 10.4 Å². The third kappa shape index (κ3) is 1.59. The number of Topliss-reactive ketones (excluding diaryl/α,β-unsaturated/α-hetero) is 1. The maximum atomic E-state index is 11.8. The molecule has 3 rings (SSSR count). The van der Waals surface area contributed by atoms with E-state index in [1.54, 1.807) is 18.2 Å². The molecule has 2 aliphatic heterocycles. The Bertz CT molecular complexity index is 507. The molecule has 17 heavy (non-hydrogen) atoms. The monoisotopic (exact) mass is 233 g/mol. The number of epoxide rings is 1. The van der Waals surface area contributed by atoms with Crippen LogP contribution in [-0.4, -0.2) is 38.1 Å².